The van der Waals surface area contributed by atoms with E-state index in [9.17, 15) is 0 Å². The lowest BCUT2D eigenvalue weighted by Crippen LogP contribution is -1.77. The normalized spacial score (nSPS) is 11.1. The van der Waals surface area contributed by atoms with Crippen molar-refractivity contribution < 1.29 is 0 Å². The fraction of sp³-hybridized carbons (Fsp3) is 0.200. The topological polar surface area (TPSA) is 0 Å². The first-order valence-corrected chi connectivity index (χ1v) is 7.67. The molecule has 0 unspecified atom stereocenters. The minimum atomic E-state index is 0.855. The van der Waals surface area contributed by atoms with Gasteiger partial charge in [-0.1, -0.05) is 27.5 Å². The van der Waals surface area contributed by atoms with Gasteiger partial charge in [-0.2, -0.15) is 0 Å². The molecular formula is C10H8BrClS2. The zero-order valence-electron chi connectivity index (χ0n) is 7.51. The summed E-state index contributed by atoms with van der Waals surface area (Å²) < 4.78 is 1.31. The highest BCUT2D eigenvalue weighted by atomic mass is 79.9. The highest BCUT2D eigenvalue weighted by Crippen LogP contribution is 2.38. The van der Waals surface area contributed by atoms with Crippen molar-refractivity contribution in [2.24, 2.45) is 0 Å². The highest BCUT2D eigenvalue weighted by Gasteiger charge is 2.10. The number of alkyl halides is 1. The molecule has 0 aliphatic heterocycles. The van der Waals surface area contributed by atoms with E-state index in [1.807, 2.05) is 6.07 Å². The lowest BCUT2D eigenvalue weighted by atomic mass is 10.2. The Morgan fingerprint density at radius 2 is 2.29 bits per heavy atom. The summed E-state index contributed by atoms with van der Waals surface area (Å²) in [7, 11) is 0. The largest absolute Gasteiger partial charge is 0.142 e. The van der Waals surface area contributed by atoms with E-state index < -0.39 is 0 Å². The molecule has 0 aliphatic carbocycles. The van der Waals surface area contributed by atoms with Gasteiger partial charge in [-0.25, -0.2) is 0 Å². The van der Waals surface area contributed by atoms with Gasteiger partial charge in [0.2, 0.25) is 0 Å². The predicted molar refractivity (Wildman–Crippen MR) is 71.2 cm³/mol. The van der Waals surface area contributed by atoms with Gasteiger partial charge in [0.15, 0.2) is 0 Å². The van der Waals surface area contributed by atoms with Crippen LogP contribution in [0.5, 0.6) is 0 Å². The minimum Gasteiger partial charge on any atom is -0.142 e. The molecule has 0 atom stereocenters. The van der Waals surface area contributed by atoms with Gasteiger partial charge in [-0.3, -0.25) is 0 Å². The summed E-state index contributed by atoms with van der Waals surface area (Å²) in [6.07, 6.45) is 2.09. The second-order valence-corrected chi connectivity index (χ2v) is 5.54. The molecule has 1 heterocycles. The third-order valence-electron chi connectivity index (χ3n) is 2.07. The Hall–Kier alpha value is 0.300. The van der Waals surface area contributed by atoms with E-state index in [0.29, 0.717) is 0 Å². The third kappa shape index (κ3) is 1.71. The molecule has 2 aromatic rings. The monoisotopic (exact) mass is 306 g/mol. The van der Waals surface area contributed by atoms with Gasteiger partial charge >= 0.3 is 0 Å². The number of halogens is 2. The van der Waals surface area contributed by atoms with Crippen LogP contribution < -0.4 is 0 Å². The van der Waals surface area contributed by atoms with E-state index in [1.54, 1.807) is 23.1 Å². The summed E-state index contributed by atoms with van der Waals surface area (Å²) in [5.41, 5.74) is 1.28. The SMILES string of the molecule is CSc1ccc(Cl)c2c(CBr)csc12. The molecular weight excluding hydrogens is 300 g/mol. The summed E-state index contributed by atoms with van der Waals surface area (Å²) in [5.74, 6) is 0. The maximum atomic E-state index is 6.19. The van der Waals surface area contributed by atoms with Crippen LogP contribution in [0.25, 0.3) is 10.1 Å². The third-order valence-corrected chi connectivity index (χ3v) is 4.97. The highest BCUT2D eigenvalue weighted by molar-refractivity contribution is 9.08. The summed E-state index contributed by atoms with van der Waals surface area (Å²) >= 11 is 13.2. The van der Waals surface area contributed by atoms with Crippen LogP contribution in [0.1, 0.15) is 5.56 Å². The molecule has 0 bridgehead atoms. The van der Waals surface area contributed by atoms with Gasteiger partial charge < -0.3 is 0 Å². The smallest absolute Gasteiger partial charge is 0.0496 e. The molecule has 14 heavy (non-hydrogen) atoms. The fourth-order valence-corrected chi connectivity index (χ4v) is 4.29. The molecule has 0 aliphatic rings. The number of benzene rings is 1. The van der Waals surface area contributed by atoms with Crippen molar-refractivity contribution in [3.8, 4) is 0 Å². The van der Waals surface area contributed by atoms with E-state index in [0.717, 1.165) is 10.4 Å². The van der Waals surface area contributed by atoms with Crippen LogP contribution in [0.2, 0.25) is 5.02 Å². The number of fused-ring (bicyclic) bond motifs is 1. The van der Waals surface area contributed by atoms with Crippen molar-refractivity contribution in [2.75, 3.05) is 6.26 Å². The molecule has 0 amide bonds. The predicted octanol–water partition coefficient (Wildman–Crippen LogP) is 5.17. The first-order valence-electron chi connectivity index (χ1n) is 4.06. The van der Waals surface area contributed by atoms with Crippen LogP contribution in [0.3, 0.4) is 0 Å². The number of hydrogen-bond donors (Lipinski definition) is 0. The standard InChI is InChI=1S/C10H8BrClS2/c1-13-8-3-2-7(12)9-6(4-11)5-14-10(8)9/h2-3,5H,4H2,1H3. The van der Waals surface area contributed by atoms with E-state index >= 15 is 0 Å². The maximum Gasteiger partial charge on any atom is 0.0496 e. The molecule has 0 fully saturated rings. The summed E-state index contributed by atoms with van der Waals surface area (Å²) in [6.45, 7) is 0. The molecule has 0 saturated heterocycles. The van der Waals surface area contributed by atoms with Crippen LogP contribution in [0.15, 0.2) is 22.4 Å². The van der Waals surface area contributed by atoms with E-state index in [1.165, 1.54) is 20.5 Å². The first kappa shape index (κ1) is 10.8. The second-order valence-electron chi connectivity index (χ2n) is 2.85. The lowest BCUT2D eigenvalue weighted by Gasteiger charge is -2.01. The fourth-order valence-electron chi connectivity index (χ4n) is 1.40. The second kappa shape index (κ2) is 4.44. The molecule has 1 aromatic heterocycles. The number of rotatable bonds is 2. The van der Waals surface area contributed by atoms with Gasteiger partial charge in [0, 0.05) is 25.3 Å². The van der Waals surface area contributed by atoms with Crippen molar-refractivity contribution in [3.05, 3.63) is 28.1 Å². The maximum absolute atomic E-state index is 6.19. The lowest BCUT2D eigenvalue weighted by molar-refractivity contribution is 1.52. The van der Waals surface area contributed by atoms with Gasteiger partial charge in [0.1, 0.15) is 0 Å². The van der Waals surface area contributed by atoms with Gasteiger partial charge in [0.25, 0.3) is 0 Å². The van der Waals surface area contributed by atoms with Crippen LogP contribution in [-0.2, 0) is 5.33 Å². The summed E-state index contributed by atoms with van der Waals surface area (Å²) in [6, 6.07) is 4.07. The average molecular weight is 308 g/mol. The van der Waals surface area contributed by atoms with Crippen molar-refractivity contribution in [2.45, 2.75) is 10.2 Å². The molecule has 0 N–H and O–H groups in total. The summed E-state index contributed by atoms with van der Waals surface area (Å²) in [4.78, 5) is 1.31. The Bertz CT molecular complexity index is 464. The van der Waals surface area contributed by atoms with Gasteiger partial charge in [-0.05, 0) is 29.3 Å². The molecule has 4 heteroatoms. The Labute approximate surface area is 105 Å². The van der Waals surface area contributed by atoms with Crippen LogP contribution in [0.4, 0.5) is 0 Å². The van der Waals surface area contributed by atoms with Crippen molar-refractivity contribution in [1.29, 1.82) is 0 Å². The zero-order valence-corrected chi connectivity index (χ0v) is 11.5. The average Bonchev–Trinajstić information content (AvgIpc) is 2.63. The van der Waals surface area contributed by atoms with Crippen molar-refractivity contribution >= 4 is 60.7 Å². The Kier molecular flexibility index (Phi) is 3.42. The van der Waals surface area contributed by atoms with Crippen LogP contribution >= 0.6 is 50.6 Å². The molecule has 0 spiro atoms. The van der Waals surface area contributed by atoms with E-state index in [-0.39, 0.29) is 0 Å². The molecule has 0 radical (unpaired) electrons. The number of thioether (sulfide) groups is 1. The zero-order chi connectivity index (χ0) is 10.1. The minimum absolute atomic E-state index is 0.855. The molecule has 1 aromatic carbocycles. The van der Waals surface area contributed by atoms with Gasteiger partial charge in [-0.15, -0.1) is 23.1 Å². The Morgan fingerprint density at radius 3 is 2.93 bits per heavy atom. The molecule has 0 saturated carbocycles. The Balaban J connectivity index is 2.80. The van der Waals surface area contributed by atoms with E-state index in [4.69, 9.17) is 11.6 Å². The number of thiophene rings is 1. The quantitative estimate of drug-likeness (QED) is 0.545. The number of hydrogen-bond acceptors (Lipinski definition) is 2. The molecule has 74 valence electrons. The van der Waals surface area contributed by atoms with E-state index in [2.05, 4.69) is 33.6 Å². The Morgan fingerprint density at radius 1 is 1.50 bits per heavy atom. The summed E-state index contributed by atoms with van der Waals surface area (Å²) in [5, 5.41) is 5.10. The van der Waals surface area contributed by atoms with Crippen molar-refractivity contribution in [1.82, 2.24) is 0 Å². The van der Waals surface area contributed by atoms with Gasteiger partial charge in [0.05, 0.1) is 0 Å². The first-order chi connectivity index (χ1) is 6.77. The van der Waals surface area contributed by atoms with Crippen LogP contribution in [0, 0.1) is 0 Å². The molecule has 2 rings (SSSR count). The van der Waals surface area contributed by atoms with Crippen molar-refractivity contribution in [3.63, 3.8) is 0 Å². The van der Waals surface area contributed by atoms with Crippen LogP contribution in [-0.4, -0.2) is 6.26 Å². The molecule has 0 nitrogen and oxygen atoms in total.